The van der Waals surface area contributed by atoms with E-state index >= 15 is 0 Å². The first-order chi connectivity index (χ1) is 18.7. The van der Waals surface area contributed by atoms with Gasteiger partial charge in [-0.25, -0.2) is 4.98 Å². The molecule has 0 spiro atoms. The molecular weight excluding hydrogens is 504 g/mol. The molecule has 0 saturated carbocycles. The van der Waals surface area contributed by atoms with E-state index in [0.717, 1.165) is 69.2 Å². The average molecular weight is 537 g/mol. The summed E-state index contributed by atoms with van der Waals surface area (Å²) in [5.74, 6) is 0.360. The number of ether oxygens (including phenoxy) is 2. The normalized spacial score (nSPS) is 17.4. The van der Waals surface area contributed by atoms with Crippen LogP contribution in [0, 0.1) is 0 Å². The van der Waals surface area contributed by atoms with Gasteiger partial charge in [-0.1, -0.05) is 12.1 Å². The quantitative estimate of drug-likeness (QED) is 0.352. The Morgan fingerprint density at radius 3 is 2.34 bits per heavy atom. The Hall–Kier alpha value is -3.09. The van der Waals surface area contributed by atoms with Crippen LogP contribution in [0.3, 0.4) is 0 Å². The number of benzene rings is 1. The molecule has 2 saturated heterocycles. The molecule has 0 radical (unpaired) electrons. The monoisotopic (exact) mass is 536 g/mol. The maximum absolute atomic E-state index is 13.7. The SMILES string of the molecule is O=C(NCCN1CCOCC1)c1c(=O)c2ccc(NCCN3CCOCC3)nc2n2c1sc1ccccc12. The fraction of sp³-hybridized carbons (Fsp3) is 0.444. The molecule has 2 fully saturated rings. The number of nitrogens with zero attached hydrogens (tertiary/aromatic N) is 4. The van der Waals surface area contributed by atoms with Crippen molar-refractivity contribution < 1.29 is 14.3 Å². The number of hydrogen-bond acceptors (Lipinski definition) is 9. The van der Waals surface area contributed by atoms with Crippen LogP contribution < -0.4 is 16.1 Å². The largest absolute Gasteiger partial charge is 0.379 e. The number of rotatable bonds is 8. The van der Waals surface area contributed by atoms with Crippen molar-refractivity contribution in [3.63, 3.8) is 0 Å². The first-order valence-electron chi connectivity index (χ1n) is 13.2. The second-order valence-corrected chi connectivity index (χ2v) is 10.6. The van der Waals surface area contributed by atoms with Crippen molar-refractivity contribution in [3.8, 4) is 0 Å². The Morgan fingerprint density at radius 1 is 0.921 bits per heavy atom. The summed E-state index contributed by atoms with van der Waals surface area (Å²) in [4.78, 5) is 37.2. The van der Waals surface area contributed by atoms with Gasteiger partial charge in [0.2, 0.25) is 5.43 Å². The number of para-hydroxylation sites is 1. The van der Waals surface area contributed by atoms with E-state index in [1.54, 1.807) is 6.07 Å². The van der Waals surface area contributed by atoms with Crippen LogP contribution in [0.1, 0.15) is 10.4 Å². The molecule has 0 unspecified atom stereocenters. The maximum atomic E-state index is 13.7. The molecule has 5 heterocycles. The standard InChI is InChI=1S/C27H32N6O4S/c34-24-19-5-6-22(28-7-9-31-11-15-36-16-12-31)30-25(19)33-20-3-1-2-4-21(20)38-27(33)23(24)26(35)29-8-10-32-13-17-37-18-14-32/h1-6H,7-18H2,(H,28,30)(H,29,35). The topological polar surface area (TPSA) is 100 Å². The Bertz CT molecular complexity index is 1510. The van der Waals surface area contributed by atoms with Crippen molar-refractivity contribution in [1.29, 1.82) is 0 Å². The van der Waals surface area contributed by atoms with E-state index in [9.17, 15) is 9.59 Å². The van der Waals surface area contributed by atoms with Crippen LogP contribution in [0.4, 0.5) is 5.82 Å². The number of fused-ring (bicyclic) bond motifs is 5. The van der Waals surface area contributed by atoms with Crippen LogP contribution in [-0.2, 0) is 9.47 Å². The molecule has 6 rings (SSSR count). The lowest BCUT2D eigenvalue weighted by Gasteiger charge is -2.26. The first kappa shape index (κ1) is 25.2. The van der Waals surface area contributed by atoms with Crippen LogP contribution in [-0.4, -0.2) is 104 Å². The van der Waals surface area contributed by atoms with Gasteiger partial charge in [0, 0.05) is 52.4 Å². The molecule has 4 aromatic rings. The molecule has 200 valence electrons. The number of carbonyl (C=O) groups excluding carboxylic acids is 1. The molecule has 0 aliphatic carbocycles. The van der Waals surface area contributed by atoms with Crippen molar-refractivity contribution in [3.05, 3.63) is 52.2 Å². The number of amides is 1. The van der Waals surface area contributed by atoms with E-state index in [0.29, 0.717) is 41.4 Å². The van der Waals surface area contributed by atoms with E-state index in [2.05, 4.69) is 20.4 Å². The summed E-state index contributed by atoms with van der Waals surface area (Å²) in [6.45, 7) is 9.34. The molecule has 3 aromatic heterocycles. The van der Waals surface area contributed by atoms with Gasteiger partial charge in [-0.15, -0.1) is 11.3 Å². The summed E-state index contributed by atoms with van der Waals surface area (Å²) in [6, 6.07) is 11.5. The summed E-state index contributed by atoms with van der Waals surface area (Å²) in [5.41, 5.74) is 1.37. The zero-order chi connectivity index (χ0) is 25.9. The number of hydrogen-bond donors (Lipinski definition) is 2. The summed E-state index contributed by atoms with van der Waals surface area (Å²) >= 11 is 1.45. The van der Waals surface area contributed by atoms with Crippen LogP contribution in [0.15, 0.2) is 41.2 Å². The van der Waals surface area contributed by atoms with Crippen LogP contribution in [0.25, 0.3) is 26.1 Å². The average Bonchev–Trinajstić information content (AvgIpc) is 3.33. The number of pyridine rings is 2. The van der Waals surface area contributed by atoms with Crippen molar-refractivity contribution in [2.75, 3.05) is 84.1 Å². The van der Waals surface area contributed by atoms with Gasteiger partial charge in [0.05, 0.1) is 42.0 Å². The summed E-state index contributed by atoms with van der Waals surface area (Å²) < 4.78 is 13.8. The second kappa shape index (κ2) is 11.3. The number of carbonyl (C=O) groups is 1. The Kier molecular flexibility index (Phi) is 7.52. The predicted molar refractivity (Wildman–Crippen MR) is 150 cm³/mol. The lowest BCUT2D eigenvalue weighted by Crippen LogP contribution is -2.42. The lowest BCUT2D eigenvalue weighted by atomic mass is 10.1. The van der Waals surface area contributed by atoms with Gasteiger partial charge >= 0.3 is 0 Å². The van der Waals surface area contributed by atoms with Crippen LogP contribution >= 0.6 is 11.3 Å². The Balaban J connectivity index is 1.31. The van der Waals surface area contributed by atoms with Crippen molar-refractivity contribution in [2.24, 2.45) is 0 Å². The smallest absolute Gasteiger partial charge is 0.258 e. The van der Waals surface area contributed by atoms with Gasteiger partial charge in [-0.3, -0.25) is 23.8 Å². The molecule has 0 bridgehead atoms. The molecule has 1 aromatic carbocycles. The number of anilines is 1. The molecule has 10 nitrogen and oxygen atoms in total. The molecule has 1 amide bonds. The minimum absolute atomic E-state index is 0.176. The molecule has 11 heteroatoms. The minimum atomic E-state index is -0.345. The third-order valence-electron chi connectivity index (χ3n) is 7.17. The Morgan fingerprint density at radius 2 is 1.61 bits per heavy atom. The fourth-order valence-corrected chi connectivity index (χ4v) is 6.28. The Labute approximate surface area is 224 Å². The van der Waals surface area contributed by atoms with E-state index in [1.807, 2.05) is 34.7 Å². The fourth-order valence-electron chi connectivity index (χ4n) is 5.09. The van der Waals surface area contributed by atoms with Crippen LogP contribution in [0.5, 0.6) is 0 Å². The molecule has 2 aliphatic heterocycles. The van der Waals surface area contributed by atoms with Crippen molar-refractivity contribution in [2.45, 2.75) is 0 Å². The van der Waals surface area contributed by atoms with Crippen molar-refractivity contribution >= 4 is 49.1 Å². The van der Waals surface area contributed by atoms with Gasteiger partial charge < -0.3 is 20.1 Å². The highest BCUT2D eigenvalue weighted by atomic mass is 32.1. The third-order valence-corrected chi connectivity index (χ3v) is 8.32. The summed E-state index contributed by atoms with van der Waals surface area (Å²) in [6.07, 6.45) is 0. The van der Waals surface area contributed by atoms with E-state index in [4.69, 9.17) is 14.5 Å². The maximum Gasteiger partial charge on any atom is 0.258 e. The van der Waals surface area contributed by atoms with Crippen LogP contribution in [0.2, 0.25) is 0 Å². The number of thiazole rings is 1. The summed E-state index contributed by atoms with van der Waals surface area (Å²) in [7, 11) is 0. The van der Waals surface area contributed by atoms with Gasteiger partial charge in [-0.05, 0) is 24.3 Å². The summed E-state index contributed by atoms with van der Waals surface area (Å²) in [5, 5.41) is 6.82. The van der Waals surface area contributed by atoms with E-state index < -0.39 is 0 Å². The van der Waals surface area contributed by atoms with E-state index in [-0.39, 0.29) is 16.9 Å². The second-order valence-electron chi connectivity index (χ2n) is 9.57. The van der Waals surface area contributed by atoms with Gasteiger partial charge in [0.25, 0.3) is 5.91 Å². The van der Waals surface area contributed by atoms with Gasteiger partial charge in [-0.2, -0.15) is 0 Å². The molecule has 2 aliphatic rings. The highest BCUT2D eigenvalue weighted by Crippen LogP contribution is 2.31. The van der Waals surface area contributed by atoms with Gasteiger partial charge in [0.1, 0.15) is 16.2 Å². The molecular formula is C27H32N6O4S. The number of morpholine rings is 2. The number of nitrogens with one attached hydrogen (secondary N) is 2. The highest BCUT2D eigenvalue weighted by Gasteiger charge is 2.23. The molecule has 38 heavy (non-hydrogen) atoms. The molecule has 0 atom stereocenters. The predicted octanol–water partition coefficient (Wildman–Crippen LogP) is 1.87. The third kappa shape index (κ3) is 5.12. The minimum Gasteiger partial charge on any atom is -0.379 e. The highest BCUT2D eigenvalue weighted by molar-refractivity contribution is 7.24. The molecule has 2 N–H and O–H groups in total. The number of aromatic nitrogens is 2. The zero-order valence-corrected chi connectivity index (χ0v) is 22.1. The van der Waals surface area contributed by atoms with E-state index in [1.165, 1.54) is 11.3 Å². The van der Waals surface area contributed by atoms with Gasteiger partial charge in [0.15, 0.2) is 5.65 Å². The lowest BCUT2D eigenvalue weighted by molar-refractivity contribution is 0.0383. The van der Waals surface area contributed by atoms with Crippen molar-refractivity contribution in [1.82, 2.24) is 24.5 Å². The first-order valence-corrected chi connectivity index (χ1v) is 14.0. The zero-order valence-electron chi connectivity index (χ0n) is 21.3.